The molecule has 1 aromatic carbocycles. The molecule has 0 radical (unpaired) electrons. The van der Waals surface area contributed by atoms with E-state index in [2.05, 4.69) is 32.3 Å². The van der Waals surface area contributed by atoms with E-state index in [1.807, 2.05) is 43.5 Å². The summed E-state index contributed by atoms with van der Waals surface area (Å²) < 4.78 is 6.17. The van der Waals surface area contributed by atoms with Gasteiger partial charge in [-0.2, -0.15) is 5.26 Å². The number of benzene rings is 1. The van der Waals surface area contributed by atoms with Crippen molar-refractivity contribution in [2.24, 2.45) is 0 Å². The van der Waals surface area contributed by atoms with Gasteiger partial charge in [-0.25, -0.2) is 9.78 Å². The lowest BCUT2D eigenvalue weighted by Crippen LogP contribution is -2.07. The molecular weight excluding hydrogens is 470 g/mol. The summed E-state index contributed by atoms with van der Waals surface area (Å²) in [7, 11) is 0. The number of carbonyl (C=O) groups excluding carboxylic acids is 1. The predicted molar refractivity (Wildman–Crippen MR) is 122 cm³/mol. The Labute approximate surface area is 185 Å². The summed E-state index contributed by atoms with van der Waals surface area (Å²) in [6.45, 7) is 5.93. The number of hydrogen-bond donors (Lipinski definition) is 1. The Hall–Kier alpha value is -2.47. The number of hydrogen-bond acceptors (Lipinski definition) is 7. The Morgan fingerprint density at radius 3 is 2.72 bits per heavy atom. The molecule has 3 aromatic rings. The number of rotatable bonds is 6. The van der Waals surface area contributed by atoms with Gasteiger partial charge in [0.25, 0.3) is 0 Å². The fraction of sp³-hybridized carbons (Fsp3) is 0.190. The summed E-state index contributed by atoms with van der Waals surface area (Å²) >= 11 is 6.28. The van der Waals surface area contributed by atoms with Gasteiger partial charge in [-0.3, -0.25) is 0 Å². The fourth-order valence-corrected chi connectivity index (χ4v) is 4.68. The molecule has 0 saturated heterocycles. The van der Waals surface area contributed by atoms with E-state index in [9.17, 15) is 10.1 Å². The molecule has 29 heavy (non-hydrogen) atoms. The highest BCUT2D eigenvalue weighted by Crippen LogP contribution is 2.34. The van der Waals surface area contributed by atoms with E-state index in [4.69, 9.17) is 4.74 Å². The van der Waals surface area contributed by atoms with Crippen LogP contribution < -0.4 is 5.32 Å². The molecule has 8 heteroatoms. The Morgan fingerprint density at radius 2 is 2.07 bits per heavy atom. The molecule has 0 amide bonds. The molecule has 148 valence electrons. The van der Waals surface area contributed by atoms with Crippen molar-refractivity contribution in [3.05, 3.63) is 61.3 Å². The first-order chi connectivity index (χ1) is 13.9. The number of anilines is 1. The van der Waals surface area contributed by atoms with Gasteiger partial charge in [-0.1, -0.05) is 28.1 Å². The molecule has 5 nitrogen and oxygen atoms in total. The predicted octanol–water partition coefficient (Wildman–Crippen LogP) is 6.40. The number of aryl methyl sites for hydroxylation is 1. The normalized spacial score (nSPS) is 11.2. The number of thiophene rings is 1. The molecule has 0 fully saturated rings. The maximum absolute atomic E-state index is 12.3. The molecule has 0 aliphatic rings. The van der Waals surface area contributed by atoms with Gasteiger partial charge in [-0.15, -0.1) is 22.7 Å². The molecule has 0 bridgehead atoms. The first kappa shape index (κ1) is 21.2. The molecule has 2 heterocycles. The molecule has 1 N–H and O–H groups in total. The maximum atomic E-state index is 12.3. The standard InChI is InChI=1S/C21H18BrN3O2S2/c1-4-27-21(26)18-12(2)13(3)29-20(18)24-10-15(9-23)19-25-17(11-28-19)14-5-7-16(22)8-6-14/h5-8,10-11,24H,4H2,1-3H3/b15-10-. The van der Waals surface area contributed by atoms with Crippen LogP contribution >= 0.6 is 38.6 Å². The summed E-state index contributed by atoms with van der Waals surface area (Å²) in [4.78, 5) is 17.9. The zero-order valence-corrected chi connectivity index (χ0v) is 19.3. The average molecular weight is 488 g/mol. The molecule has 3 rings (SSSR count). The van der Waals surface area contributed by atoms with E-state index in [0.717, 1.165) is 26.2 Å². The summed E-state index contributed by atoms with van der Waals surface area (Å²) in [5.41, 5.74) is 3.59. The van der Waals surface area contributed by atoms with E-state index < -0.39 is 0 Å². The number of nitriles is 1. The van der Waals surface area contributed by atoms with Gasteiger partial charge >= 0.3 is 5.97 Å². The summed E-state index contributed by atoms with van der Waals surface area (Å²) in [6, 6.07) is 10.0. The van der Waals surface area contributed by atoms with Crippen molar-refractivity contribution in [2.45, 2.75) is 20.8 Å². The molecule has 0 atom stereocenters. The van der Waals surface area contributed by atoms with Gasteiger partial charge < -0.3 is 10.1 Å². The van der Waals surface area contributed by atoms with E-state index in [1.165, 1.54) is 22.7 Å². The second-order valence-corrected chi connectivity index (χ2v) is 9.07. The summed E-state index contributed by atoms with van der Waals surface area (Å²) in [5, 5.41) is 15.9. The van der Waals surface area contributed by atoms with E-state index in [-0.39, 0.29) is 5.97 Å². The zero-order chi connectivity index (χ0) is 21.0. The lowest BCUT2D eigenvalue weighted by atomic mass is 10.1. The van der Waals surface area contributed by atoms with Crippen molar-refractivity contribution in [2.75, 3.05) is 11.9 Å². The number of nitrogens with zero attached hydrogens (tertiary/aromatic N) is 2. The number of aromatic nitrogens is 1. The molecule has 0 unspecified atom stereocenters. The number of allylic oxidation sites excluding steroid dienone is 1. The van der Waals surface area contributed by atoms with Gasteiger partial charge in [-0.05, 0) is 38.5 Å². The number of nitrogens with one attached hydrogen (secondary N) is 1. The van der Waals surface area contributed by atoms with E-state index >= 15 is 0 Å². The third-order valence-corrected chi connectivity index (χ3v) is 6.75. The van der Waals surface area contributed by atoms with Crippen molar-refractivity contribution >= 4 is 55.1 Å². The first-order valence-corrected chi connectivity index (χ1v) is 11.3. The third-order valence-electron chi connectivity index (χ3n) is 4.21. The quantitative estimate of drug-likeness (QED) is 0.321. The van der Waals surface area contributed by atoms with Crippen LogP contribution in [0.1, 0.15) is 32.7 Å². The Balaban J connectivity index is 1.87. The second-order valence-electron chi connectivity index (χ2n) is 6.07. The van der Waals surface area contributed by atoms with Gasteiger partial charge in [0, 0.05) is 26.5 Å². The lowest BCUT2D eigenvalue weighted by molar-refractivity contribution is 0.0527. The largest absolute Gasteiger partial charge is 0.462 e. The second kappa shape index (κ2) is 9.35. The van der Waals surface area contributed by atoms with Crippen LogP contribution in [0.15, 0.2) is 40.3 Å². The lowest BCUT2D eigenvalue weighted by Gasteiger charge is -2.05. The fourth-order valence-electron chi connectivity index (χ4n) is 2.61. The molecule has 0 aliphatic carbocycles. The van der Waals surface area contributed by atoms with Crippen LogP contribution in [0.5, 0.6) is 0 Å². The molecule has 2 aromatic heterocycles. The van der Waals surface area contributed by atoms with Crippen LogP contribution in [0.2, 0.25) is 0 Å². The summed E-state index contributed by atoms with van der Waals surface area (Å²) in [5.74, 6) is -0.365. The Morgan fingerprint density at radius 1 is 1.34 bits per heavy atom. The van der Waals surface area contributed by atoms with Crippen LogP contribution in [0, 0.1) is 25.2 Å². The van der Waals surface area contributed by atoms with Crippen molar-refractivity contribution in [1.82, 2.24) is 4.98 Å². The first-order valence-electron chi connectivity index (χ1n) is 8.80. The van der Waals surface area contributed by atoms with Crippen molar-refractivity contribution < 1.29 is 9.53 Å². The highest BCUT2D eigenvalue weighted by Gasteiger charge is 2.20. The maximum Gasteiger partial charge on any atom is 0.341 e. The summed E-state index contributed by atoms with van der Waals surface area (Å²) in [6.07, 6.45) is 1.59. The van der Waals surface area contributed by atoms with Crippen molar-refractivity contribution in [3.63, 3.8) is 0 Å². The van der Waals surface area contributed by atoms with E-state index in [1.54, 1.807) is 13.1 Å². The molecule has 0 saturated carbocycles. The van der Waals surface area contributed by atoms with Crippen LogP contribution in [-0.2, 0) is 4.74 Å². The molecule has 0 aliphatic heterocycles. The third kappa shape index (κ3) is 4.75. The number of halogens is 1. The smallest absolute Gasteiger partial charge is 0.341 e. The topological polar surface area (TPSA) is 75.0 Å². The Kier molecular flexibility index (Phi) is 6.85. The Bertz CT molecular complexity index is 1110. The number of ether oxygens (including phenoxy) is 1. The van der Waals surface area contributed by atoms with Crippen LogP contribution in [0.3, 0.4) is 0 Å². The van der Waals surface area contributed by atoms with Gasteiger partial charge in [0.05, 0.1) is 17.9 Å². The average Bonchev–Trinajstić information content (AvgIpc) is 3.29. The number of carbonyl (C=O) groups is 1. The SMILES string of the molecule is CCOC(=O)c1c(N/C=C(/C#N)c2nc(-c3ccc(Br)cc3)cs2)sc(C)c1C. The monoisotopic (exact) mass is 487 g/mol. The molecule has 0 spiro atoms. The number of thiazole rings is 1. The number of esters is 1. The van der Waals surface area contributed by atoms with E-state index in [0.29, 0.717) is 27.8 Å². The van der Waals surface area contributed by atoms with Crippen molar-refractivity contribution in [1.29, 1.82) is 5.26 Å². The van der Waals surface area contributed by atoms with Crippen LogP contribution in [-0.4, -0.2) is 17.6 Å². The minimum atomic E-state index is -0.365. The minimum Gasteiger partial charge on any atom is -0.462 e. The van der Waals surface area contributed by atoms with Crippen LogP contribution in [0.25, 0.3) is 16.8 Å². The van der Waals surface area contributed by atoms with Gasteiger partial charge in [0.1, 0.15) is 21.7 Å². The van der Waals surface area contributed by atoms with Crippen LogP contribution in [0.4, 0.5) is 5.00 Å². The highest BCUT2D eigenvalue weighted by atomic mass is 79.9. The van der Waals surface area contributed by atoms with Gasteiger partial charge in [0.2, 0.25) is 0 Å². The van der Waals surface area contributed by atoms with Crippen molar-refractivity contribution in [3.8, 4) is 17.3 Å². The molecular formula is C21H18BrN3O2S2. The van der Waals surface area contributed by atoms with Gasteiger partial charge in [0.15, 0.2) is 0 Å². The minimum absolute atomic E-state index is 0.309. The highest BCUT2D eigenvalue weighted by molar-refractivity contribution is 9.10. The zero-order valence-electron chi connectivity index (χ0n) is 16.1.